The van der Waals surface area contributed by atoms with Crippen LogP contribution in [0.4, 0.5) is 0 Å². The molecule has 52 valence electrons. The van der Waals surface area contributed by atoms with Gasteiger partial charge in [0.05, 0.1) is 0 Å². The van der Waals surface area contributed by atoms with Crippen LogP contribution in [-0.4, -0.2) is 0 Å². The molecule has 0 aromatic carbocycles. The summed E-state index contributed by atoms with van der Waals surface area (Å²) in [5.74, 6) is 2.15. The third-order valence-electron chi connectivity index (χ3n) is 4.24. The summed E-state index contributed by atoms with van der Waals surface area (Å²) >= 11 is 0. The topological polar surface area (TPSA) is 0 Å². The van der Waals surface area contributed by atoms with Crippen LogP contribution in [-0.2, 0) is 0 Å². The number of fused-ring (bicyclic) bond motifs is 1. The Bertz CT molecular complexity index is 157. The molecule has 2 aliphatic rings. The average molecular weight is 124 g/mol. The van der Waals surface area contributed by atoms with Crippen molar-refractivity contribution in [1.82, 2.24) is 0 Å². The normalized spacial score (nSPS) is 58.7. The summed E-state index contributed by atoms with van der Waals surface area (Å²) in [5, 5.41) is 0. The lowest BCUT2D eigenvalue weighted by Crippen LogP contribution is -2.13. The minimum atomic E-state index is 0.723. The molecule has 9 heavy (non-hydrogen) atoms. The molecule has 0 saturated heterocycles. The van der Waals surface area contributed by atoms with E-state index in [-0.39, 0.29) is 0 Å². The van der Waals surface area contributed by atoms with Gasteiger partial charge < -0.3 is 0 Å². The van der Waals surface area contributed by atoms with Gasteiger partial charge in [0.25, 0.3) is 0 Å². The van der Waals surface area contributed by atoms with Crippen LogP contribution in [0, 0.1) is 22.7 Å². The quantitative estimate of drug-likeness (QED) is 0.504. The average Bonchev–Trinajstić information content (AvgIpc) is 2.53. The van der Waals surface area contributed by atoms with Crippen LogP contribution in [0.25, 0.3) is 0 Å². The van der Waals surface area contributed by atoms with Crippen molar-refractivity contribution in [2.75, 3.05) is 0 Å². The van der Waals surface area contributed by atoms with Gasteiger partial charge in [-0.15, -0.1) is 0 Å². The third-order valence-corrected chi connectivity index (χ3v) is 4.24. The highest BCUT2D eigenvalue weighted by molar-refractivity contribution is 5.34. The second-order valence-corrected chi connectivity index (χ2v) is 4.38. The van der Waals surface area contributed by atoms with E-state index in [1.165, 1.54) is 6.42 Å². The molecule has 0 aromatic rings. The van der Waals surface area contributed by atoms with Crippen LogP contribution in [0.1, 0.15) is 34.1 Å². The van der Waals surface area contributed by atoms with E-state index in [0.29, 0.717) is 0 Å². The molecule has 0 aliphatic heterocycles. The summed E-state index contributed by atoms with van der Waals surface area (Å²) in [6.07, 6.45) is 1.41. The molecule has 3 atom stereocenters. The van der Waals surface area contributed by atoms with Gasteiger partial charge in [-0.2, -0.15) is 0 Å². The van der Waals surface area contributed by atoms with E-state index >= 15 is 0 Å². The molecular weight excluding hydrogens is 108 g/mol. The van der Waals surface area contributed by atoms with Crippen LogP contribution in [0.5, 0.6) is 0 Å². The van der Waals surface area contributed by atoms with Crippen LogP contribution in [0.2, 0.25) is 0 Å². The van der Waals surface area contributed by atoms with Crippen molar-refractivity contribution >= 4 is 0 Å². The van der Waals surface area contributed by atoms with E-state index in [1.807, 2.05) is 0 Å². The van der Waals surface area contributed by atoms with Crippen LogP contribution in [0.3, 0.4) is 0 Å². The Hall–Kier alpha value is 0. The fraction of sp³-hybridized carbons (Fsp3) is 1.00. The summed E-state index contributed by atoms with van der Waals surface area (Å²) < 4.78 is 0. The maximum atomic E-state index is 2.42. The molecule has 0 aromatic heterocycles. The Morgan fingerprint density at radius 1 is 1.33 bits per heavy atom. The predicted molar refractivity (Wildman–Crippen MR) is 39.2 cm³/mol. The number of rotatable bonds is 1. The van der Waals surface area contributed by atoms with Gasteiger partial charge in [0.1, 0.15) is 0 Å². The highest BCUT2D eigenvalue weighted by Crippen LogP contribution is 2.92. The molecule has 2 aliphatic carbocycles. The lowest BCUT2D eigenvalue weighted by molar-refractivity contribution is 0.284. The van der Waals surface area contributed by atoms with Crippen molar-refractivity contribution in [1.29, 1.82) is 0 Å². The Balaban J connectivity index is 2.18. The molecule has 0 bridgehead atoms. The molecule has 0 heterocycles. The van der Waals surface area contributed by atoms with Gasteiger partial charge in [0.15, 0.2) is 0 Å². The fourth-order valence-electron chi connectivity index (χ4n) is 3.67. The molecule has 0 amide bonds. The van der Waals surface area contributed by atoms with E-state index < -0.39 is 0 Å². The van der Waals surface area contributed by atoms with Gasteiger partial charge in [-0.25, -0.2) is 0 Å². The maximum absolute atomic E-state index is 2.42. The largest absolute Gasteiger partial charge is 0.0648 e. The third kappa shape index (κ3) is 0.320. The van der Waals surface area contributed by atoms with Crippen molar-refractivity contribution in [3.8, 4) is 0 Å². The second-order valence-electron chi connectivity index (χ2n) is 4.38. The van der Waals surface area contributed by atoms with E-state index in [1.54, 1.807) is 0 Å². The molecule has 0 nitrogen and oxygen atoms in total. The maximum Gasteiger partial charge on any atom is -0.0181 e. The molecule has 0 unspecified atom stereocenters. The lowest BCUT2D eigenvalue weighted by atomic mass is 9.84. The first-order valence-corrected chi connectivity index (χ1v) is 4.09. The minimum Gasteiger partial charge on any atom is -0.0648 e. The van der Waals surface area contributed by atoms with Gasteiger partial charge in [0.2, 0.25) is 0 Å². The van der Waals surface area contributed by atoms with Gasteiger partial charge >= 0.3 is 0 Å². The minimum absolute atomic E-state index is 0.723. The zero-order valence-corrected chi connectivity index (χ0v) is 6.86. The summed E-state index contributed by atoms with van der Waals surface area (Å²) in [4.78, 5) is 0. The lowest BCUT2D eigenvalue weighted by Gasteiger charge is -2.20. The number of hydrogen-bond acceptors (Lipinski definition) is 0. The van der Waals surface area contributed by atoms with E-state index in [9.17, 15) is 0 Å². The molecule has 0 spiro atoms. The van der Waals surface area contributed by atoms with Crippen molar-refractivity contribution in [3.63, 3.8) is 0 Å². The summed E-state index contributed by atoms with van der Waals surface area (Å²) in [5.41, 5.74) is 1.54. The molecule has 0 radical (unpaired) electrons. The summed E-state index contributed by atoms with van der Waals surface area (Å²) in [6.45, 7) is 9.58. The zero-order valence-electron chi connectivity index (χ0n) is 6.86. The first kappa shape index (κ1) is 5.76. The van der Waals surface area contributed by atoms with Crippen molar-refractivity contribution in [2.24, 2.45) is 22.7 Å². The predicted octanol–water partition coefficient (Wildman–Crippen LogP) is 2.69. The van der Waals surface area contributed by atoms with Crippen LogP contribution < -0.4 is 0 Å². The first-order valence-electron chi connectivity index (χ1n) is 4.09. The first-order chi connectivity index (χ1) is 4.09. The van der Waals surface area contributed by atoms with Gasteiger partial charge in [-0.1, -0.05) is 27.7 Å². The zero-order chi connectivity index (χ0) is 6.86. The van der Waals surface area contributed by atoms with Gasteiger partial charge in [0, 0.05) is 0 Å². The molecule has 2 fully saturated rings. The second kappa shape index (κ2) is 1.09. The SMILES string of the molecule is CC[C@]12[C@@H](C)[C@H]1C2(C)C. The summed E-state index contributed by atoms with van der Waals surface area (Å²) in [7, 11) is 0. The molecule has 2 rings (SSSR count). The Morgan fingerprint density at radius 3 is 1.89 bits per heavy atom. The highest BCUT2D eigenvalue weighted by Gasteiger charge is 2.87. The van der Waals surface area contributed by atoms with Gasteiger partial charge in [-0.05, 0) is 29.1 Å². The molecule has 0 N–H and O–H groups in total. The van der Waals surface area contributed by atoms with Gasteiger partial charge in [-0.3, -0.25) is 0 Å². The Labute approximate surface area is 57.6 Å². The summed E-state index contributed by atoms with van der Waals surface area (Å²) in [6, 6.07) is 0. The highest BCUT2D eigenvalue weighted by atomic mass is 14.9. The molecule has 2 saturated carbocycles. The van der Waals surface area contributed by atoms with E-state index in [0.717, 1.165) is 22.7 Å². The Kier molecular flexibility index (Phi) is 0.695. The van der Waals surface area contributed by atoms with Crippen molar-refractivity contribution in [2.45, 2.75) is 34.1 Å². The fourth-order valence-corrected chi connectivity index (χ4v) is 3.67. The van der Waals surface area contributed by atoms with Crippen molar-refractivity contribution in [3.05, 3.63) is 0 Å². The van der Waals surface area contributed by atoms with E-state index in [2.05, 4.69) is 27.7 Å². The smallest absolute Gasteiger partial charge is 0.0181 e. The van der Waals surface area contributed by atoms with Crippen LogP contribution in [0.15, 0.2) is 0 Å². The molecular formula is C9H16. The molecule has 0 heteroatoms. The monoisotopic (exact) mass is 124 g/mol. The number of hydrogen-bond donors (Lipinski definition) is 0. The Morgan fingerprint density at radius 2 is 1.89 bits per heavy atom. The van der Waals surface area contributed by atoms with Crippen LogP contribution >= 0.6 is 0 Å². The van der Waals surface area contributed by atoms with E-state index in [4.69, 9.17) is 0 Å². The standard InChI is InChI=1S/C9H16/c1-5-9-6(2)7(9)8(9,3)4/h6-7H,5H2,1-4H3/t6-,7-,9-/m0/s1. The van der Waals surface area contributed by atoms with Crippen molar-refractivity contribution < 1.29 is 0 Å².